The van der Waals surface area contributed by atoms with Crippen molar-refractivity contribution in [3.8, 4) is 0 Å². The average Bonchev–Trinajstić information content (AvgIpc) is 2.36. The smallest absolute Gasteiger partial charge is 0.196 e. The van der Waals surface area contributed by atoms with E-state index in [-0.39, 0.29) is 11.6 Å². The van der Waals surface area contributed by atoms with E-state index in [2.05, 4.69) is 0 Å². The largest absolute Gasteiger partial charge is 0.288 e. The monoisotopic (exact) mass is 268 g/mol. The van der Waals surface area contributed by atoms with Crippen LogP contribution in [-0.2, 0) is 0 Å². The predicted octanol–water partition coefficient (Wildman–Crippen LogP) is 3.78. The minimum absolute atomic E-state index is 0.0927. The number of rotatable bonds is 2. The summed E-state index contributed by atoms with van der Waals surface area (Å²) in [6, 6.07) is 4.18. The molecule has 0 saturated carbocycles. The maximum Gasteiger partial charge on any atom is 0.196 e. The molecule has 2 rings (SSSR count). The molecule has 2 aromatic rings. The Morgan fingerprint density at radius 3 is 2.16 bits per heavy atom. The number of aryl methyl sites for hydroxylation is 1. The Hall–Kier alpha value is -2.17. The number of hydrogen-bond acceptors (Lipinski definition) is 1. The maximum absolute atomic E-state index is 13.5. The molecule has 2 aromatic carbocycles. The van der Waals surface area contributed by atoms with Crippen LogP contribution in [0.5, 0.6) is 0 Å². The molecule has 98 valence electrons. The van der Waals surface area contributed by atoms with E-state index < -0.39 is 34.6 Å². The second kappa shape index (κ2) is 4.84. The van der Waals surface area contributed by atoms with Gasteiger partial charge in [-0.2, -0.15) is 0 Å². The second-order valence-corrected chi connectivity index (χ2v) is 4.03. The lowest BCUT2D eigenvalue weighted by Gasteiger charge is -2.07. The summed E-state index contributed by atoms with van der Waals surface area (Å²) < 4.78 is 52.4. The zero-order valence-electron chi connectivity index (χ0n) is 9.81. The van der Waals surface area contributed by atoms with Crippen molar-refractivity contribution in [2.75, 3.05) is 0 Å². The Bertz CT molecular complexity index is 665. The highest BCUT2D eigenvalue weighted by molar-refractivity contribution is 6.10. The first kappa shape index (κ1) is 13.3. The van der Waals surface area contributed by atoms with Crippen LogP contribution in [0.25, 0.3) is 0 Å². The first-order valence-corrected chi connectivity index (χ1v) is 5.35. The minimum atomic E-state index is -1.38. The summed E-state index contributed by atoms with van der Waals surface area (Å²) in [6.45, 7) is 1.53. The summed E-state index contributed by atoms with van der Waals surface area (Å²) >= 11 is 0. The molecule has 0 unspecified atom stereocenters. The lowest BCUT2D eigenvalue weighted by molar-refractivity contribution is 0.103. The number of halogens is 4. The van der Waals surface area contributed by atoms with Gasteiger partial charge in [0.15, 0.2) is 17.4 Å². The molecule has 0 aromatic heterocycles. The quantitative estimate of drug-likeness (QED) is 0.460. The van der Waals surface area contributed by atoms with Gasteiger partial charge in [0.1, 0.15) is 11.6 Å². The zero-order chi connectivity index (χ0) is 14.2. The molecule has 0 aliphatic heterocycles. The Kier molecular flexibility index (Phi) is 3.38. The van der Waals surface area contributed by atoms with Gasteiger partial charge in [0.25, 0.3) is 0 Å². The highest BCUT2D eigenvalue weighted by Crippen LogP contribution is 2.20. The fourth-order valence-electron chi connectivity index (χ4n) is 1.68. The van der Waals surface area contributed by atoms with Crippen molar-refractivity contribution in [1.82, 2.24) is 0 Å². The molecule has 0 amide bonds. The molecule has 0 atom stereocenters. The molecule has 0 radical (unpaired) electrons. The third-order valence-electron chi connectivity index (χ3n) is 2.70. The summed E-state index contributed by atoms with van der Waals surface area (Å²) in [6.07, 6.45) is 0. The Morgan fingerprint density at radius 1 is 0.842 bits per heavy atom. The van der Waals surface area contributed by atoms with Crippen molar-refractivity contribution >= 4 is 5.78 Å². The van der Waals surface area contributed by atoms with Gasteiger partial charge in [0, 0.05) is 11.6 Å². The van der Waals surface area contributed by atoms with E-state index in [1.807, 2.05) is 0 Å². The third-order valence-corrected chi connectivity index (χ3v) is 2.70. The van der Waals surface area contributed by atoms with Crippen molar-refractivity contribution in [3.63, 3.8) is 0 Å². The summed E-state index contributed by atoms with van der Waals surface area (Å²) in [7, 11) is 0. The van der Waals surface area contributed by atoms with Gasteiger partial charge in [-0.25, -0.2) is 17.6 Å². The van der Waals surface area contributed by atoms with Crippen LogP contribution < -0.4 is 0 Å². The van der Waals surface area contributed by atoms with Crippen LogP contribution in [0.3, 0.4) is 0 Å². The van der Waals surface area contributed by atoms with Crippen molar-refractivity contribution in [2.45, 2.75) is 6.92 Å². The fraction of sp³-hybridized carbons (Fsp3) is 0.0714. The van der Waals surface area contributed by atoms with Gasteiger partial charge in [-0.15, -0.1) is 0 Å². The van der Waals surface area contributed by atoms with E-state index >= 15 is 0 Å². The molecular formula is C14H8F4O. The van der Waals surface area contributed by atoms with Crippen molar-refractivity contribution in [2.24, 2.45) is 0 Å². The first-order valence-electron chi connectivity index (χ1n) is 5.35. The zero-order valence-corrected chi connectivity index (χ0v) is 9.81. The van der Waals surface area contributed by atoms with Gasteiger partial charge in [-0.1, -0.05) is 6.07 Å². The Balaban J connectivity index is 2.56. The molecule has 5 heteroatoms. The number of benzene rings is 2. The molecule has 0 heterocycles. The highest BCUT2D eigenvalue weighted by Gasteiger charge is 2.19. The summed E-state index contributed by atoms with van der Waals surface area (Å²) in [5, 5.41) is 0. The number of ketones is 1. The van der Waals surface area contributed by atoms with Crippen LogP contribution in [0.1, 0.15) is 21.5 Å². The summed E-state index contributed by atoms with van der Waals surface area (Å²) in [5.41, 5.74) is -0.312. The Morgan fingerprint density at radius 2 is 1.47 bits per heavy atom. The number of hydrogen-bond donors (Lipinski definition) is 0. The van der Waals surface area contributed by atoms with E-state index in [4.69, 9.17) is 0 Å². The van der Waals surface area contributed by atoms with Gasteiger partial charge in [0.05, 0.1) is 5.56 Å². The number of carbonyl (C=O) groups is 1. The van der Waals surface area contributed by atoms with Crippen LogP contribution in [0.2, 0.25) is 0 Å². The number of carbonyl (C=O) groups excluding carboxylic acids is 1. The summed E-state index contributed by atoms with van der Waals surface area (Å²) in [4.78, 5) is 12.0. The van der Waals surface area contributed by atoms with Crippen LogP contribution in [0, 0.1) is 30.2 Å². The van der Waals surface area contributed by atoms with E-state index in [0.717, 1.165) is 12.1 Å². The van der Waals surface area contributed by atoms with Crippen LogP contribution in [0.15, 0.2) is 30.3 Å². The van der Waals surface area contributed by atoms with Gasteiger partial charge >= 0.3 is 0 Å². The summed E-state index contributed by atoms with van der Waals surface area (Å²) in [5.74, 6) is -5.47. The van der Waals surface area contributed by atoms with E-state index in [1.165, 1.54) is 13.0 Å². The normalized spacial score (nSPS) is 10.6. The second-order valence-electron chi connectivity index (χ2n) is 4.03. The molecule has 0 saturated heterocycles. The molecular weight excluding hydrogens is 260 g/mol. The molecule has 19 heavy (non-hydrogen) atoms. The molecule has 1 nitrogen and oxygen atoms in total. The SMILES string of the molecule is Cc1ccc(F)cc1C(=O)c1cc(F)c(F)cc1F. The molecule has 0 bridgehead atoms. The van der Waals surface area contributed by atoms with Crippen LogP contribution >= 0.6 is 0 Å². The molecule has 0 aliphatic carbocycles. The van der Waals surface area contributed by atoms with E-state index in [1.54, 1.807) is 0 Å². The minimum Gasteiger partial charge on any atom is -0.288 e. The lowest BCUT2D eigenvalue weighted by atomic mass is 9.98. The van der Waals surface area contributed by atoms with Crippen molar-refractivity contribution in [1.29, 1.82) is 0 Å². The van der Waals surface area contributed by atoms with Crippen molar-refractivity contribution < 1.29 is 22.4 Å². The third kappa shape index (κ3) is 2.50. The molecule has 0 N–H and O–H groups in total. The fourth-order valence-corrected chi connectivity index (χ4v) is 1.68. The van der Waals surface area contributed by atoms with Crippen molar-refractivity contribution in [3.05, 3.63) is 70.3 Å². The van der Waals surface area contributed by atoms with Gasteiger partial charge < -0.3 is 0 Å². The van der Waals surface area contributed by atoms with Gasteiger partial charge in [-0.05, 0) is 30.7 Å². The predicted molar refractivity (Wildman–Crippen MR) is 60.9 cm³/mol. The standard InChI is InChI=1S/C14H8F4O/c1-7-2-3-8(15)4-9(7)14(19)10-5-12(17)13(18)6-11(10)16/h2-6H,1H3. The molecule has 0 fully saturated rings. The topological polar surface area (TPSA) is 17.1 Å². The van der Waals surface area contributed by atoms with Gasteiger partial charge in [0.2, 0.25) is 0 Å². The maximum atomic E-state index is 13.5. The van der Waals surface area contributed by atoms with Crippen LogP contribution in [0.4, 0.5) is 17.6 Å². The highest BCUT2D eigenvalue weighted by atomic mass is 19.2. The molecule has 0 aliphatic rings. The van der Waals surface area contributed by atoms with Gasteiger partial charge in [-0.3, -0.25) is 4.79 Å². The Labute approximate surface area is 106 Å². The van der Waals surface area contributed by atoms with E-state index in [0.29, 0.717) is 11.6 Å². The average molecular weight is 268 g/mol. The van der Waals surface area contributed by atoms with E-state index in [9.17, 15) is 22.4 Å². The lowest BCUT2D eigenvalue weighted by Crippen LogP contribution is -2.08. The molecule has 0 spiro atoms. The first-order chi connectivity index (χ1) is 8.90. The van der Waals surface area contributed by atoms with Crippen LogP contribution in [-0.4, -0.2) is 5.78 Å².